The Morgan fingerprint density at radius 1 is 0.971 bits per heavy atom. The lowest BCUT2D eigenvalue weighted by Gasteiger charge is -2.14. The Morgan fingerprint density at radius 3 is 2.49 bits per heavy atom. The fourth-order valence-corrected chi connectivity index (χ4v) is 3.92. The van der Waals surface area contributed by atoms with Crippen molar-refractivity contribution in [2.75, 3.05) is 11.9 Å². The molecule has 35 heavy (non-hydrogen) atoms. The molecule has 3 aromatic carbocycles. The van der Waals surface area contributed by atoms with Crippen molar-refractivity contribution in [2.24, 2.45) is 0 Å². The molecule has 0 saturated carbocycles. The van der Waals surface area contributed by atoms with Crippen LogP contribution >= 0.6 is 11.3 Å². The molecule has 0 bridgehead atoms. The summed E-state index contributed by atoms with van der Waals surface area (Å²) in [6.45, 7) is 1.05. The SMILES string of the molecule is CC(OC(=O)COc1ccccc1-c1ccccc1)C(=O)Nc1nc(-c2ccc(F)c(F)c2)cs1. The van der Waals surface area contributed by atoms with Gasteiger partial charge in [-0.25, -0.2) is 18.6 Å². The smallest absolute Gasteiger partial charge is 0.344 e. The van der Waals surface area contributed by atoms with Gasteiger partial charge in [0.1, 0.15) is 5.75 Å². The molecule has 1 amide bonds. The molecule has 0 radical (unpaired) electrons. The number of nitrogens with one attached hydrogen (secondary N) is 1. The first-order valence-electron chi connectivity index (χ1n) is 10.6. The number of para-hydroxylation sites is 1. The largest absolute Gasteiger partial charge is 0.481 e. The number of benzene rings is 3. The summed E-state index contributed by atoms with van der Waals surface area (Å²) in [5, 5.41) is 4.37. The monoisotopic (exact) mass is 494 g/mol. The topological polar surface area (TPSA) is 77.5 Å². The molecule has 1 atom stereocenters. The zero-order valence-electron chi connectivity index (χ0n) is 18.5. The van der Waals surface area contributed by atoms with Gasteiger partial charge in [-0.2, -0.15) is 0 Å². The van der Waals surface area contributed by atoms with Crippen molar-refractivity contribution in [3.8, 4) is 28.1 Å². The van der Waals surface area contributed by atoms with E-state index in [0.717, 1.165) is 34.6 Å². The third-order valence-electron chi connectivity index (χ3n) is 4.94. The molecule has 0 fully saturated rings. The Balaban J connectivity index is 1.31. The first-order chi connectivity index (χ1) is 16.9. The number of halogens is 2. The molecule has 4 aromatic rings. The van der Waals surface area contributed by atoms with Crippen molar-refractivity contribution in [2.45, 2.75) is 13.0 Å². The number of hydrogen-bond donors (Lipinski definition) is 1. The van der Waals surface area contributed by atoms with Crippen LogP contribution in [-0.2, 0) is 14.3 Å². The van der Waals surface area contributed by atoms with Crippen LogP contribution in [0.1, 0.15) is 6.92 Å². The molecule has 0 aliphatic heterocycles. The van der Waals surface area contributed by atoms with Crippen molar-refractivity contribution < 1.29 is 27.8 Å². The lowest BCUT2D eigenvalue weighted by atomic mass is 10.1. The van der Waals surface area contributed by atoms with Crippen LogP contribution in [0.5, 0.6) is 5.75 Å². The van der Waals surface area contributed by atoms with Gasteiger partial charge in [0.05, 0.1) is 5.69 Å². The van der Waals surface area contributed by atoms with Gasteiger partial charge in [-0.15, -0.1) is 11.3 Å². The van der Waals surface area contributed by atoms with E-state index in [0.29, 0.717) is 17.0 Å². The van der Waals surface area contributed by atoms with Crippen molar-refractivity contribution in [1.29, 1.82) is 0 Å². The van der Waals surface area contributed by atoms with E-state index < -0.39 is 29.6 Å². The van der Waals surface area contributed by atoms with Crippen molar-refractivity contribution in [3.63, 3.8) is 0 Å². The van der Waals surface area contributed by atoms with Crippen LogP contribution in [0.25, 0.3) is 22.4 Å². The van der Waals surface area contributed by atoms with Crippen molar-refractivity contribution >= 4 is 28.3 Å². The number of carbonyl (C=O) groups excluding carboxylic acids is 2. The molecular weight excluding hydrogens is 474 g/mol. The highest BCUT2D eigenvalue weighted by Gasteiger charge is 2.20. The van der Waals surface area contributed by atoms with Gasteiger partial charge in [0.15, 0.2) is 29.5 Å². The van der Waals surface area contributed by atoms with Gasteiger partial charge in [0.25, 0.3) is 5.91 Å². The molecule has 9 heteroatoms. The minimum absolute atomic E-state index is 0.227. The summed E-state index contributed by atoms with van der Waals surface area (Å²) in [5.41, 5.74) is 2.51. The Hall–Kier alpha value is -4.11. The predicted molar refractivity (Wildman–Crippen MR) is 129 cm³/mol. The Labute approximate surface area is 204 Å². The number of esters is 1. The maximum atomic E-state index is 13.5. The van der Waals surface area contributed by atoms with Gasteiger partial charge in [0.2, 0.25) is 0 Å². The van der Waals surface area contributed by atoms with E-state index in [1.807, 2.05) is 42.5 Å². The highest BCUT2D eigenvalue weighted by Crippen LogP contribution is 2.29. The Morgan fingerprint density at radius 2 is 1.71 bits per heavy atom. The van der Waals surface area contributed by atoms with Crippen LogP contribution in [0.2, 0.25) is 0 Å². The minimum Gasteiger partial charge on any atom is -0.481 e. The number of nitrogens with zero attached hydrogens (tertiary/aromatic N) is 1. The zero-order valence-corrected chi connectivity index (χ0v) is 19.4. The number of carbonyl (C=O) groups is 2. The van der Waals surface area contributed by atoms with Crippen LogP contribution < -0.4 is 10.1 Å². The molecule has 4 rings (SSSR count). The van der Waals surface area contributed by atoms with E-state index >= 15 is 0 Å². The van der Waals surface area contributed by atoms with E-state index in [-0.39, 0.29) is 11.7 Å². The van der Waals surface area contributed by atoms with Crippen LogP contribution in [0.4, 0.5) is 13.9 Å². The fourth-order valence-electron chi connectivity index (χ4n) is 3.20. The molecule has 6 nitrogen and oxygen atoms in total. The molecule has 1 heterocycles. The number of ether oxygens (including phenoxy) is 2. The summed E-state index contributed by atoms with van der Waals surface area (Å²) in [4.78, 5) is 28.9. The Kier molecular flexibility index (Phi) is 7.47. The van der Waals surface area contributed by atoms with Crippen LogP contribution in [0.15, 0.2) is 78.2 Å². The van der Waals surface area contributed by atoms with E-state index in [9.17, 15) is 18.4 Å². The number of amides is 1. The number of rotatable bonds is 8. The van der Waals surface area contributed by atoms with Crippen LogP contribution in [-0.4, -0.2) is 29.6 Å². The number of thiazole rings is 1. The second-order valence-electron chi connectivity index (χ2n) is 7.44. The quantitative estimate of drug-likeness (QED) is 0.318. The lowest BCUT2D eigenvalue weighted by Crippen LogP contribution is -2.31. The van der Waals surface area contributed by atoms with E-state index in [4.69, 9.17) is 9.47 Å². The summed E-state index contributed by atoms with van der Waals surface area (Å²) in [6.07, 6.45) is -1.11. The Bertz CT molecular complexity index is 1340. The summed E-state index contributed by atoms with van der Waals surface area (Å²) < 4.78 is 37.4. The summed E-state index contributed by atoms with van der Waals surface area (Å²) >= 11 is 1.10. The van der Waals surface area contributed by atoms with E-state index in [1.165, 1.54) is 13.0 Å². The normalized spacial score (nSPS) is 11.5. The second kappa shape index (κ2) is 10.9. The van der Waals surface area contributed by atoms with E-state index in [2.05, 4.69) is 10.3 Å². The molecule has 0 saturated heterocycles. The number of hydrogen-bond acceptors (Lipinski definition) is 6. The average molecular weight is 495 g/mol. The zero-order chi connectivity index (χ0) is 24.8. The van der Waals surface area contributed by atoms with Crippen molar-refractivity contribution in [3.05, 3.63) is 89.8 Å². The molecule has 1 unspecified atom stereocenters. The highest BCUT2D eigenvalue weighted by molar-refractivity contribution is 7.14. The molecule has 178 valence electrons. The standard InChI is InChI=1S/C26H20F2N2O4S/c1-16(25(32)30-26-29-22(15-35-26)18-11-12-20(27)21(28)13-18)34-24(31)14-33-23-10-6-5-9-19(23)17-7-3-2-4-8-17/h2-13,15-16H,14H2,1H3,(H,29,30,32). The van der Waals surface area contributed by atoms with Crippen molar-refractivity contribution in [1.82, 2.24) is 4.98 Å². The predicted octanol–water partition coefficient (Wildman–Crippen LogP) is 5.70. The second-order valence-corrected chi connectivity index (χ2v) is 8.30. The fraction of sp³-hybridized carbons (Fsp3) is 0.115. The van der Waals surface area contributed by atoms with Crippen LogP contribution in [0.3, 0.4) is 0 Å². The summed E-state index contributed by atoms with van der Waals surface area (Å²) in [5.74, 6) is -2.73. The third kappa shape index (κ3) is 6.07. The van der Waals surface area contributed by atoms with Crippen LogP contribution in [0, 0.1) is 11.6 Å². The van der Waals surface area contributed by atoms with E-state index in [1.54, 1.807) is 17.5 Å². The molecule has 1 N–H and O–H groups in total. The van der Waals surface area contributed by atoms with Gasteiger partial charge in [-0.05, 0) is 36.8 Å². The van der Waals surface area contributed by atoms with Gasteiger partial charge < -0.3 is 9.47 Å². The highest BCUT2D eigenvalue weighted by atomic mass is 32.1. The maximum absolute atomic E-state index is 13.5. The summed E-state index contributed by atoms with van der Waals surface area (Å²) in [6, 6.07) is 20.3. The van der Waals surface area contributed by atoms with Gasteiger partial charge in [-0.1, -0.05) is 48.5 Å². The molecule has 1 aromatic heterocycles. The first-order valence-corrected chi connectivity index (χ1v) is 11.5. The third-order valence-corrected chi connectivity index (χ3v) is 5.70. The summed E-state index contributed by atoms with van der Waals surface area (Å²) in [7, 11) is 0. The number of aromatic nitrogens is 1. The van der Waals surface area contributed by atoms with Gasteiger partial charge in [-0.3, -0.25) is 10.1 Å². The average Bonchev–Trinajstić information content (AvgIpc) is 3.33. The van der Waals surface area contributed by atoms with Gasteiger partial charge >= 0.3 is 5.97 Å². The lowest BCUT2D eigenvalue weighted by molar-refractivity contribution is -0.155. The maximum Gasteiger partial charge on any atom is 0.344 e. The molecule has 0 aliphatic rings. The van der Waals surface area contributed by atoms with Gasteiger partial charge in [0, 0.05) is 16.5 Å². The minimum atomic E-state index is -1.11. The first kappa shape index (κ1) is 24.0. The molecular formula is C26H20F2N2O4S. The molecule has 0 spiro atoms. The molecule has 0 aliphatic carbocycles. The number of anilines is 1.